The standard InChI is InChI=1S/C8H14N5O4P/c9-7-6-8(11-3-10-6)12-4-13(7)1-2-17-5-18(14,15)16/h3-4,7H,1-2,5,9H2,(H,10,11)(H2,14,15,16). The Morgan fingerprint density at radius 2 is 2.39 bits per heavy atom. The Morgan fingerprint density at radius 1 is 1.61 bits per heavy atom. The van der Waals surface area contributed by atoms with Gasteiger partial charge in [-0.05, 0) is 0 Å². The number of hydrogen-bond donors (Lipinski definition) is 4. The fraction of sp³-hybridized carbons (Fsp3) is 0.500. The predicted molar refractivity (Wildman–Crippen MR) is 63.2 cm³/mol. The zero-order valence-electron chi connectivity index (χ0n) is 9.43. The molecule has 0 saturated heterocycles. The number of rotatable bonds is 5. The minimum atomic E-state index is -4.12. The molecule has 0 aromatic carbocycles. The number of hydrogen-bond acceptors (Lipinski definition) is 6. The van der Waals surface area contributed by atoms with Gasteiger partial charge in [0.2, 0.25) is 0 Å². The number of nitrogens with two attached hydrogens (primary N) is 1. The Bertz CT molecular complexity index is 484. The number of ether oxygens (including phenoxy) is 1. The summed E-state index contributed by atoms with van der Waals surface area (Å²) in [6.45, 7) is 0.525. The highest BCUT2D eigenvalue weighted by molar-refractivity contribution is 7.51. The van der Waals surface area contributed by atoms with E-state index < -0.39 is 20.1 Å². The van der Waals surface area contributed by atoms with Crippen LogP contribution in [0.1, 0.15) is 11.9 Å². The van der Waals surface area contributed by atoms with Crippen molar-refractivity contribution in [3.8, 4) is 0 Å². The van der Waals surface area contributed by atoms with E-state index in [-0.39, 0.29) is 6.61 Å². The molecule has 0 aliphatic carbocycles. The van der Waals surface area contributed by atoms with Gasteiger partial charge in [0.05, 0.1) is 25.0 Å². The average Bonchev–Trinajstić information content (AvgIpc) is 2.74. The Morgan fingerprint density at radius 3 is 3.11 bits per heavy atom. The molecule has 0 saturated carbocycles. The topological polar surface area (TPSA) is 137 Å². The zero-order chi connectivity index (χ0) is 13.2. The highest BCUT2D eigenvalue weighted by Gasteiger charge is 2.23. The van der Waals surface area contributed by atoms with Crippen LogP contribution in [0.3, 0.4) is 0 Å². The number of aliphatic imine (C=N–C) groups is 1. The third kappa shape index (κ3) is 3.15. The van der Waals surface area contributed by atoms with Crippen molar-refractivity contribution in [2.45, 2.75) is 6.17 Å². The van der Waals surface area contributed by atoms with Crippen LogP contribution in [0.4, 0.5) is 5.82 Å². The normalized spacial score (nSPS) is 19.1. The van der Waals surface area contributed by atoms with Crippen LogP contribution >= 0.6 is 7.60 Å². The smallest absolute Gasteiger partial charge is 0.350 e. The molecule has 2 rings (SSSR count). The Labute approximate surface area is 103 Å². The van der Waals surface area contributed by atoms with Crippen molar-refractivity contribution in [1.82, 2.24) is 14.9 Å². The van der Waals surface area contributed by atoms with Crippen LogP contribution in [0.15, 0.2) is 11.3 Å². The molecular formula is C8H14N5O4P. The molecule has 2 heterocycles. The van der Waals surface area contributed by atoms with E-state index in [9.17, 15) is 4.57 Å². The molecule has 1 aromatic rings. The number of fused-ring (bicyclic) bond motifs is 1. The third-order valence-electron chi connectivity index (χ3n) is 2.38. The largest absolute Gasteiger partial charge is 0.367 e. The Kier molecular flexibility index (Phi) is 3.79. The summed E-state index contributed by atoms with van der Waals surface area (Å²) in [5, 5.41) is 0. The predicted octanol–water partition coefficient (Wildman–Crippen LogP) is -0.506. The number of imidazole rings is 1. The van der Waals surface area contributed by atoms with E-state index in [1.54, 1.807) is 4.90 Å². The molecule has 5 N–H and O–H groups in total. The van der Waals surface area contributed by atoms with Gasteiger partial charge in [-0.25, -0.2) is 9.98 Å². The summed E-state index contributed by atoms with van der Waals surface area (Å²) in [5.41, 5.74) is 6.66. The lowest BCUT2D eigenvalue weighted by Crippen LogP contribution is -2.37. The quantitative estimate of drug-likeness (QED) is 0.419. The summed E-state index contributed by atoms with van der Waals surface area (Å²) < 4.78 is 15.4. The SMILES string of the molecule is NC1c2[nH]cnc2N=CN1CCOCP(=O)(O)O. The fourth-order valence-electron chi connectivity index (χ4n) is 1.53. The van der Waals surface area contributed by atoms with E-state index in [4.69, 9.17) is 20.3 Å². The van der Waals surface area contributed by atoms with Gasteiger partial charge in [0, 0.05) is 6.54 Å². The summed E-state index contributed by atoms with van der Waals surface area (Å²) in [4.78, 5) is 29.9. The first-order valence-corrected chi connectivity index (χ1v) is 6.98. The number of aromatic amines is 1. The maximum atomic E-state index is 10.6. The molecule has 1 aliphatic rings. The van der Waals surface area contributed by atoms with Crippen molar-refractivity contribution in [3.05, 3.63) is 12.0 Å². The Hall–Kier alpha value is -1.25. The van der Waals surface area contributed by atoms with E-state index in [0.29, 0.717) is 18.1 Å². The van der Waals surface area contributed by atoms with Crippen LogP contribution in [0.2, 0.25) is 0 Å². The van der Waals surface area contributed by atoms with Gasteiger partial charge >= 0.3 is 7.60 Å². The maximum Gasteiger partial charge on any atom is 0.350 e. The molecule has 0 amide bonds. The zero-order valence-corrected chi connectivity index (χ0v) is 10.3. The first kappa shape index (κ1) is 13.2. The molecule has 9 nitrogen and oxygen atoms in total. The lowest BCUT2D eigenvalue weighted by atomic mass is 10.3. The van der Waals surface area contributed by atoms with E-state index in [2.05, 4.69) is 15.0 Å². The Balaban J connectivity index is 1.83. The molecule has 0 bridgehead atoms. The van der Waals surface area contributed by atoms with E-state index in [0.717, 1.165) is 0 Å². The van der Waals surface area contributed by atoms with E-state index in [1.165, 1.54) is 12.7 Å². The van der Waals surface area contributed by atoms with Crippen LogP contribution in [0.25, 0.3) is 0 Å². The first-order valence-electron chi connectivity index (χ1n) is 5.18. The summed E-state index contributed by atoms with van der Waals surface area (Å²) in [7, 11) is -4.12. The minimum Gasteiger partial charge on any atom is -0.367 e. The third-order valence-corrected chi connectivity index (χ3v) is 2.90. The van der Waals surface area contributed by atoms with Crippen molar-refractivity contribution in [2.75, 3.05) is 19.5 Å². The number of nitrogens with one attached hydrogen (secondary N) is 1. The molecule has 1 unspecified atom stereocenters. The molecule has 100 valence electrons. The molecule has 1 aliphatic heterocycles. The summed E-state index contributed by atoms with van der Waals surface area (Å²) in [6, 6.07) is 0. The lowest BCUT2D eigenvalue weighted by molar-refractivity contribution is 0.133. The van der Waals surface area contributed by atoms with Crippen LogP contribution < -0.4 is 5.73 Å². The van der Waals surface area contributed by atoms with Gasteiger partial charge in [0.1, 0.15) is 12.5 Å². The molecule has 0 spiro atoms. The molecule has 18 heavy (non-hydrogen) atoms. The molecule has 1 aromatic heterocycles. The second-order valence-electron chi connectivity index (χ2n) is 3.77. The van der Waals surface area contributed by atoms with Crippen LogP contribution in [0.5, 0.6) is 0 Å². The summed E-state index contributed by atoms with van der Waals surface area (Å²) in [5.74, 6) is 0.551. The summed E-state index contributed by atoms with van der Waals surface area (Å²) in [6.07, 6.45) is 2.03. The van der Waals surface area contributed by atoms with Gasteiger partial charge in [-0.3, -0.25) is 4.57 Å². The van der Waals surface area contributed by atoms with Gasteiger partial charge in [0.25, 0.3) is 0 Å². The number of nitrogens with zero attached hydrogens (tertiary/aromatic N) is 3. The molecule has 10 heteroatoms. The van der Waals surface area contributed by atoms with Crippen LogP contribution in [-0.2, 0) is 9.30 Å². The first-order chi connectivity index (χ1) is 8.47. The van der Waals surface area contributed by atoms with Crippen molar-refractivity contribution in [3.63, 3.8) is 0 Å². The van der Waals surface area contributed by atoms with Crippen molar-refractivity contribution in [2.24, 2.45) is 10.7 Å². The van der Waals surface area contributed by atoms with Gasteiger partial charge in [-0.1, -0.05) is 0 Å². The second kappa shape index (κ2) is 5.17. The van der Waals surface area contributed by atoms with Gasteiger partial charge in [-0.2, -0.15) is 0 Å². The monoisotopic (exact) mass is 275 g/mol. The van der Waals surface area contributed by atoms with Crippen molar-refractivity contribution in [1.29, 1.82) is 0 Å². The highest BCUT2D eigenvalue weighted by atomic mass is 31.2. The summed E-state index contributed by atoms with van der Waals surface area (Å²) >= 11 is 0. The maximum absolute atomic E-state index is 10.6. The fourth-order valence-corrected chi connectivity index (χ4v) is 1.90. The van der Waals surface area contributed by atoms with Gasteiger partial charge < -0.3 is 30.1 Å². The minimum absolute atomic E-state index is 0.147. The average molecular weight is 275 g/mol. The number of aromatic nitrogens is 2. The molecular weight excluding hydrogens is 261 g/mol. The van der Waals surface area contributed by atoms with Crippen LogP contribution in [0, 0.1) is 0 Å². The highest BCUT2D eigenvalue weighted by Crippen LogP contribution is 2.33. The van der Waals surface area contributed by atoms with Crippen LogP contribution in [-0.4, -0.2) is 50.5 Å². The van der Waals surface area contributed by atoms with E-state index >= 15 is 0 Å². The second-order valence-corrected chi connectivity index (χ2v) is 5.36. The van der Waals surface area contributed by atoms with Crippen molar-refractivity contribution >= 4 is 19.8 Å². The number of H-pyrrole nitrogens is 1. The molecule has 0 radical (unpaired) electrons. The molecule has 0 fully saturated rings. The lowest BCUT2D eigenvalue weighted by Gasteiger charge is -2.28. The van der Waals surface area contributed by atoms with E-state index in [1.807, 2.05) is 0 Å². The molecule has 1 atom stereocenters. The van der Waals surface area contributed by atoms with Gasteiger partial charge in [-0.15, -0.1) is 0 Å². The van der Waals surface area contributed by atoms with Gasteiger partial charge in [0.15, 0.2) is 5.82 Å². The van der Waals surface area contributed by atoms with Crippen molar-refractivity contribution < 1.29 is 19.1 Å².